The van der Waals surface area contributed by atoms with E-state index in [9.17, 15) is 19.5 Å². The number of hydrogen-bond donors (Lipinski definition) is 1. The average molecular weight is 372 g/mol. The third kappa shape index (κ3) is 8.51. The Labute approximate surface area is 155 Å². The monoisotopic (exact) mass is 372 g/mol. The average Bonchev–Trinajstić information content (AvgIpc) is 3.04. The van der Waals surface area contributed by atoms with Crippen molar-refractivity contribution in [3.63, 3.8) is 0 Å². The second-order valence-corrected chi connectivity index (χ2v) is 8.56. The highest BCUT2D eigenvalue weighted by atomic mass is 16.6. The molecule has 26 heavy (non-hydrogen) atoms. The van der Waals surface area contributed by atoms with Gasteiger partial charge in [0.2, 0.25) is 0 Å². The van der Waals surface area contributed by atoms with Crippen LogP contribution in [0, 0.1) is 0 Å². The predicted octanol–water partition coefficient (Wildman–Crippen LogP) is 2.18. The van der Waals surface area contributed by atoms with Crippen LogP contribution >= 0.6 is 0 Å². The molecule has 1 atom stereocenters. The van der Waals surface area contributed by atoms with Crippen LogP contribution in [0.3, 0.4) is 0 Å². The van der Waals surface area contributed by atoms with Gasteiger partial charge in [0.15, 0.2) is 5.78 Å². The summed E-state index contributed by atoms with van der Waals surface area (Å²) in [6.07, 6.45) is 0.00768. The molecule has 2 heterocycles. The van der Waals surface area contributed by atoms with Gasteiger partial charge in [0.1, 0.15) is 11.2 Å². The first-order valence-corrected chi connectivity index (χ1v) is 8.92. The zero-order chi connectivity index (χ0) is 20.1. The SMILES string of the molecule is CC(C)(C)OC(=O)N1CCC(=O)C1.CC(C)(C)OC(=O)N1CCC(O)C1. The number of aliphatic hydroxyl groups excluding tert-OH is 1. The zero-order valence-electron chi connectivity index (χ0n) is 16.7. The Bertz CT molecular complexity index is 521. The zero-order valence-corrected chi connectivity index (χ0v) is 16.7. The molecule has 150 valence electrons. The molecule has 0 saturated carbocycles. The molecule has 0 radical (unpaired) electrons. The number of carbonyl (C=O) groups excluding carboxylic acids is 3. The fourth-order valence-electron chi connectivity index (χ4n) is 2.35. The number of β-amino-alcohol motifs (C(OH)–C–C–N with tert-alkyl or cyclic N) is 1. The van der Waals surface area contributed by atoms with Crippen LogP contribution in [0.4, 0.5) is 9.59 Å². The fourth-order valence-corrected chi connectivity index (χ4v) is 2.35. The summed E-state index contributed by atoms with van der Waals surface area (Å²) < 4.78 is 10.3. The van der Waals surface area contributed by atoms with Crippen molar-refractivity contribution in [1.29, 1.82) is 0 Å². The first-order valence-electron chi connectivity index (χ1n) is 8.92. The number of nitrogens with zero attached hydrogens (tertiary/aromatic N) is 2. The van der Waals surface area contributed by atoms with Crippen LogP contribution in [0.5, 0.6) is 0 Å². The molecule has 2 saturated heterocycles. The molecule has 2 aliphatic rings. The summed E-state index contributed by atoms with van der Waals surface area (Å²) >= 11 is 0. The highest BCUT2D eigenvalue weighted by Crippen LogP contribution is 2.15. The van der Waals surface area contributed by atoms with Crippen LogP contribution in [0.25, 0.3) is 0 Å². The molecule has 2 rings (SSSR count). The van der Waals surface area contributed by atoms with Crippen LogP contribution < -0.4 is 0 Å². The topological polar surface area (TPSA) is 96.4 Å². The van der Waals surface area contributed by atoms with Gasteiger partial charge in [0.05, 0.1) is 12.6 Å². The van der Waals surface area contributed by atoms with Crippen molar-refractivity contribution in [2.75, 3.05) is 26.2 Å². The molecule has 0 bridgehead atoms. The number of carbonyl (C=O) groups is 3. The van der Waals surface area contributed by atoms with Gasteiger partial charge in [-0.2, -0.15) is 0 Å². The first kappa shape index (κ1) is 22.2. The summed E-state index contributed by atoms with van der Waals surface area (Å²) in [5.74, 6) is 0.103. The Morgan fingerprint density at radius 1 is 0.962 bits per heavy atom. The molecule has 2 aliphatic heterocycles. The highest BCUT2D eigenvalue weighted by molar-refractivity contribution is 5.87. The number of ether oxygens (including phenoxy) is 2. The summed E-state index contributed by atoms with van der Waals surface area (Å²) in [4.78, 5) is 36.6. The van der Waals surface area contributed by atoms with Crippen molar-refractivity contribution >= 4 is 18.0 Å². The van der Waals surface area contributed by atoms with E-state index in [4.69, 9.17) is 9.47 Å². The second kappa shape index (κ2) is 8.70. The van der Waals surface area contributed by atoms with E-state index in [-0.39, 0.29) is 24.5 Å². The number of aliphatic hydroxyl groups is 1. The molecule has 2 fully saturated rings. The van der Waals surface area contributed by atoms with Gasteiger partial charge < -0.3 is 24.4 Å². The smallest absolute Gasteiger partial charge is 0.410 e. The van der Waals surface area contributed by atoms with E-state index < -0.39 is 17.3 Å². The maximum atomic E-state index is 11.4. The van der Waals surface area contributed by atoms with E-state index in [1.807, 2.05) is 41.5 Å². The summed E-state index contributed by atoms with van der Waals surface area (Å²) in [6.45, 7) is 12.6. The number of hydrogen-bond acceptors (Lipinski definition) is 6. The van der Waals surface area contributed by atoms with Crippen molar-refractivity contribution in [2.24, 2.45) is 0 Å². The number of amides is 2. The fraction of sp³-hybridized carbons (Fsp3) is 0.833. The van der Waals surface area contributed by atoms with Crippen LogP contribution in [-0.2, 0) is 14.3 Å². The van der Waals surface area contributed by atoms with Gasteiger partial charge >= 0.3 is 12.2 Å². The summed E-state index contributed by atoms with van der Waals surface area (Å²) in [5.41, 5.74) is -0.937. The largest absolute Gasteiger partial charge is 0.444 e. The molecule has 2 amide bonds. The molecule has 0 aromatic rings. The molecular formula is C18H32N2O6. The Kier molecular flexibility index (Phi) is 7.44. The Morgan fingerprint density at radius 2 is 1.46 bits per heavy atom. The van der Waals surface area contributed by atoms with E-state index >= 15 is 0 Å². The molecule has 8 nitrogen and oxygen atoms in total. The molecule has 0 aliphatic carbocycles. The van der Waals surface area contributed by atoms with E-state index in [0.717, 1.165) is 0 Å². The number of Topliss-reactive ketones (excluding diaryl/α,β-unsaturated/α-hetero) is 1. The molecule has 0 aromatic carbocycles. The number of rotatable bonds is 0. The standard InChI is InChI=1S/C9H17NO3.C9H15NO3/c2*1-9(2,3)13-8(12)10-5-4-7(11)6-10/h7,11H,4-6H2,1-3H3;4-6H2,1-3H3. The van der Waals surface area contributed by atoms with Crippen molar-refractivity contribution in [2.45, 2.75) is 71.7 Å². The Balaban J connectivity index is 0.000000260. The third-order valence-corrected chi connectivity index (χ3v) is 3.49. The quantitative estimate of drug-likeness (QED) is 0.700. The van der Waals surface area contributed by atoms with Crippen molar-refractivity contribution in [3.8, 4) is 0 Å². The van der Waals surface area contributed by atoms with Gasteiger partial charge in [-0.05, 0) is 48.0 Å². The maximum absolute atomic E-state index is 11.4. The minimum absolute atomic E-state index is 0.103. The number of likely N-dealkylation sites (tertiary alicyclic amines) is 2. The molecule has 0 aromatic heterocycles. The van der Waals surface area contributed by atoms with Gasteiger partial charge in [0, 0.05) is 26.1 Å². The van der Waals surface area contributed by atoms with Gasteiger partial charge in [-0.3, -0.25) is 4.79 Å². The van der Waals surface area contributed by atoms with E-state index in [2.05, 4.69) is 0 Å². The molecular weight excluding hydrogens is 340 g/mol. The molecule has 1 N–H and O–H groups in total. The number of ketones is 1. The lowest BCUT2D eigenvalue weighted by atomic mass is 10.2. The Morgan fingerprint density at radius 3 is 1.81 bits per heavy atom. The van der Waals surface area contributed by atoms with Crippen LogP contribution in [0.1, 0.15) is 54.4 Å². The predicted molar refractivity (Wildman–Crippen MR) is 95.9 cm³/mol. The van der Waals surface area contributed by atoms with Gasteiger partial charge in [-0.15, -0.1) is 0 Å². The third-order valence-electron chi connectivity index (χ3n) is 3.49. The molecule has 1 unspecified atom stereocenters. The van der Waals surface area contributed by atoms with E-state index in [1.54, 1.807) is 0 Å². The van der Waals surface area contributed by atoms with Crippen molar-refractivity contribution in [3.05, 3.63) is 0 Å². The first-order chi connectivity index (χ1) is 11.8. The highest BCUT2D eigenvalue weighted by Gasteiger charge is 2.29. The van der Waals surface area contributed by atoms with Gasteiger partial charge in [0.25, 0.3) is 0 Å². The van der Waals surface area contributed by atoms with Crippen LogP contribution in [-0.4, -0.2) is 76.4 Å². The summed E-state index contributed by atoms with van der Waals surface area (Å²) in [5, 5.41) is 9.20. The van der Waals surface area contributed by atoms with Crippen LogP contribution in [0.15, 0.2) is 0 Å². The van der Waals surface area contributed by atoms with Crippen molar-refractivity contribution < 1.29 is 29.0 Å². The summed E-state index contributed by atoms with van der Waals surface area (Å²) in [7, 11) is 0. The van der Waals surface area contributed by atoms with Gasteiger partial charge in [-0.25, -0.2) is 9.59 Å². The van der Waals surface area contributed by atoms with Crippen molar-refractivity contribution in [1.82, 2.24) is 9.80 Å². The lowest BCUT2D eigenvalue weighted by molar-refractivity contribution is -0.116. The molecule has 8 heteroatoms. The van der Waals surface area contributed by atoms with Crippen LogP contribution in [0.2, 0.25) is 0 Å². The van der Waals surface area contributed by atoms with E-state index in [0.29, 0.717) is 32.5 Å². The lowest BCUT2D eigenvalue weighted by Gasteiger charge is -2.24. The molecule has 0 spiro atoms. The minimum atomic E-state index is -0.483. The second-order valence-electron chi connectivity index (χ2n) is 8.56. The maximum Gasteiger partial charge on any atom is 0.410 e. The normalized spacial score (nSPS) is 20.6. The minimum Gasteiger partial charge on any atom is -0.444 e. The van der Waals surface area contributed by atoms with Gasteiger partial charge in [-0.1, -0.05) is 0 Å². The van der Waals surface area contributed by atoms with E-state index in [1.165, 1.54) is 9.80 Å². The Hall–Kier alpha value is -1.83. The summed E-state index contributed by atoms with van der Waals surface area (Å²) in [6, 6.07) is 0. The lowest BCUT2D eigenvalue weighted by Crippen LogP contribution is -2.35.